The Balaban J connectivity index is -0.0000000129. The number of rotatable bonds is 2. The van der Waals surface area contributed by atoms with Gasteiger partial charge < -0.3 is 43.3 Å². The molecule has 14 N–H and O–H groups in total. The van der Waals surface area contributed by atoms with Crippen LogP contribution in [0, 0.1) is 30.7 Å². The van der Waals surface area contributed by atoms with Gasteiger partial charge in [-0.25, -0.2) is 55.9 Å². The predicted molar refractivity (Wildman–Crippen MR) is 42.7 cm³/mol. The Morgan fingerprint density at radius 2 is 0.667 bits per heavy atom. The molecule has 0 aliphatic heterocycles. The summed E-state index contributed by atoms with van der Waals surface area (Å²) in [6, 6.07) is 0. The summed E-state index contributed by atoms with van der Waals surface area (Å²) >= 11 is 0. The molecule has 0 bridgehead atoms. The van der Waals surface area contributed by atoms with E-state index in [1.807, 2.05) is 0 Å². The zero-order valence-corrected chi connectivity index (χ0v) is 16.3. The van der Waals surface area contributed by atoms with Crippen molar-refractivity contribution in [2.75, 3.05) is 20.2 Å². The van der Waals surface area contributed by atoms with Gasteiger partial charge in [-0.15, -0.1) is 30.7 Å². The standard InChI is InChI=1S/C3H9NO.3ClHO4.Cr.6H2O/c1-4-2-3-5;3*2-1(3,4)5;;;;;;;/h4-5H,2-3H2,1H3;3*(H,2,3,4,5);;6*1H2/q;;;;+3;;;;;;/p-3. The summed E-state index contributed by atoms with van der Waals surface area (Å²) < 4.78 is 102. The van der Waals surface area contributed by atoms with Gasteiger partial charge in [0.05, 0.1) is 6.61 Å². The number of hydrogen-bond acceptors (Lipinski definition) is 14. The van der Waals surface area contributed by atoms with Crippen LogP contribution < -0.4 is 61.2 Å². The monoisotopic (exact) mass is 532 g/mol. The van der Waals surface area contributed by atoms with Gasteiger partial charge in [0, 0.05) is 6.54 Å². The Hall–Kier alpha value is 0.602. The molecule has 0 aromatic heterocycles. The largest absolute Gasteiger partial charge is 3.00 e. The van der Waals surface area contributed by atoms with Crippen molar-refractivity contribution in [1.82, 2.24) is 5.32 Å². The summed E-state index contributed by atoms with van der Waals surface area (Å²) in [5.41, 5.74) is 0. The maximum Gasteiger partial charge on any atom is 3.00 e. The molecule has 20 nitrogen and oxygen atoms in total. The molecule has 1 radical (unpaired) electrons. The first-order valence-electron chi connectivity index (χ1n) is 3.52. The third-order valence-electron chi connectivity index (χ3n) is 0.362. The fourth-order valence-corrected chi connectivity index (χ4v) is 0.112. The van der Waals surface area contributed by atoms with Crippen molar-refractivity contribution in [3.05, 3.63) is 0 Å². The molecule has 0 heterocycles. The SMILES string of the molecule is CNCCO.O.O.O.O.O.O.[Cr+3].[O-][Cl+3]([O-])([O-])[O-].[O-][Cl+3]([O-])([O-])[O-].[O-][Cl+3]([O-])([O-])[O-]. The van der Waals surface area contributed by atoms with Crippen molar-refractivity contribution in [2.45, 2.75) is 0 Å². The first-order valence-corrected chi connectivity index (χ1v) is 7.22. The van der Waals surface area contributed by atoms with Crippen LogP contribution in [0.3, 0.4) is 0 Å². The quantitative estimate of drug-likeness (QED) is 0.332. The van der Waals surface area contributed by atoms with Gasteiger partial charge in [-0.2, -0.15) is 0 Å². The molecule has 0 unspecified atom stereocenters. The molecule has 0 aliphatic carbocycles. The normalized spacial score (nSPS) is 8.22. The number of hydrogen-bond donors (Lipinski definition) is 2. The molecule has 0 atom stereocenters. The molecule has 0 fully saturated rings. The van der Waals surface area contributed by atoms with E-state index < -0.39 is 30.7 Å². The van der Waals surface area contributed by atoms with Gasteiger partial charge in [-0.05, 0) is 7.05 Å². The Morgan fingerprint density at radius 1 is 0.556 bits per heavy atom. The van der Waals surface area contributed by atoms with E-state index in [1.54, 1.807) is 7.05 Å². The Morgan fingerprint density at radius 3 is 0.667 bits per heavy atom. The van der Waals surface area contributed by atoms with Crippen molar-refractivity contribution >= 4 is 0 Å². The van der Waals surface area contributed by atoms with Gasteiger partial charge in [0.15, 0.2) is 0 Å². The molecule has 179 valence electrons. The molecule has 0 saturated carbocycles. The van der Waals surface area contributed by atoms with Gasteiger partial charge in [0.1, 0.15) is 0 Å². The summed E-state index contributed by atoms with van der Waals surface area (Å²) in [4.78, 5) is 0. The van der Waals surface area contributed by atoms with Crippen molar-refractivity contribution < 1.29 is 142 Å². The van der Waals surface area contributed by atoms with E-state index in [1.165, 1.54) is 0 Å². The average Bonchev–Trinajstić information content (AvgIpc) is 1.94. The molecular formula is C3H21Cl3CrNO19. The minimum atomic E-state index is -4.94. The van der Waals surface area contributed by atoms with Crippen LogP contribution in [0.25, 0.3) is 0 Å². The van der Waals surface area contributed by atoms with Crippen LogP contribution in [-0.2, 0) is 17.4 Å². The van der Waals surface area contributed by atoms with E-state index in [-0.39, 0.29) is 56.8 Å². The molecule has 0 rings (SSSR count). The average molecular weight is 534 g/mol. The van der Waals surface area contributed by atoms with E-state index >= 15 is 0 Å². The van der Waals surface area contributed by atoms with Crippen LogP contribution in [0.1, 0.15) is 0 Å². The number of halogens is 3. The summed E-state index contributed by atoms with van der Waals surface area (Å²) in [6.07, 6.45) is 0. The molecular weight excluding hydrogens is 512 g/mol. The van der Waals surface area contributed by atoms with Crippen molar-refractivity contribution in [3.63, 3.8) is 0 Å². The number of aliphatic hydroxyl groups is 1. The summed E-state index contributed by atoms with van der Waals surface area (Å²) in [5.74, 6) is 0. The fraction of sp³-hybridized carbons (Fsp3) is 1.00. The van der Waals surface area contributed by atoms with Crippen LogP contribution in [0.4, 0.5) is 0 Å². The van der Waals surface area contributed by atoms with E-state index in [0.29, 0.717) is 6.54 Å². The van der Waals surface area contributed by atoms with Crippen molar-refractivity contribution in [3.8, 4) is 0 Å². The molecule has 0 aromatic carbocycles. The topological polar surface area (TPSA) is 498 Å². The van der Waals surface area contributed by atoms with Gasteiger partial charge in [-0.1, -0.05) is 0 Å². The molecule has 0 saturated heterocycles. The third-order valence-corrected chi connectivity index (χ3v) is 0.362. The second kappa shape index (κ2) is 37.4. The Labute approximate surface area is 168 Å². The second-order valence-corrected chi connectivity index (χ2v) is 4.23. The molecule has 0 aliphatic rings. The first kappa shape index (κ1) is 70.9. The van der Waals surface area contributed by atoms with E-state index in [0.717, 1.165) is 0 Å². The predicted octanol–water partition coefficient (Wildman–Crippen LogP) is -20.0. The summed E-state index contributed by atoms with van der Waals surface area (Å²) in [7, 11) is -13.0. The second-order valence-electron chi connectivity index (χ2n) is 1.96. The van der Waals surface area contributed by atoms with E-state index in [2.05, 4.69) is 5.32 Å². The minimum Gasteiger partial charge on any atom is -0.412 e. The maximum absolute atomic E-state index is 8.49. The first-order chi connectivity index (χ1) is 8.41. The zero-order valence-electron chi connectivity index (χ0n) is 12.8. The van der Waals surface area contributed by atoms with Crippen LogP contribution in [0.15, 0.2) is 0 Å². The smallest absolute Gasteiger partial charge is 0.412 e. The molecule has 0 amide bonds. The Kier molecular flexibility index (Phi) is 98.1. The maximum atomic E-state index is 8.49. The molecule has 0 aromatic rings. The zero-order chi connectivity index (χ0) is 17.6. The van der Waals surface area contributed by atoms with E-state index in [9.17, 15) is 0 Å². The van der Waals surface area contributed by atoms with Gasteiger partial charge >= 0.3 is 17.4 Å². The van der Waals surface area contributed by atoms with Crippen LogP contribution >= 0.6 is 0 Å². The Bertz CT molecular complexity index is 146. The van der Waals surface area contributed by atoms with Gasteiger partial charge in [-0.3, -0.25) is 0 Å². The van der Waals surface area contributed by atoms with Crippen molar-refractivity contribution in [1.29, 1.82) is 0 Å². The van der Waals surface area contributed by atoms with Crippen LogP contribution in [0.5, 0.6) is 0 Å². The van der Waals surface area contributed by atoms with Crippen LogP contribution in [-0.4, -0.2) is 58.2 Å². The van der Waals surface area contributed by atoms with Crippen LogP contribution in [0.2, 0.25) is 0 Å². The third kappa shape index (κ3) is 2380. The molecule has 27 heavy (non-hydrogen) atoms. The number of likely N-dealkylation sites (N-methyl/N-ethyl adjacent to an activating group) is 1. The van der Waals surface area contributed by atoms with Gasteiger partial charge in [0.25, 0.3) is 0 Å². The number of nitrogens with one attached hydrogen (secondary N) is 1. The molecule has 0 spiro atoms. The fourth-order valence-electron chi connectivity index (χ4n) is 0.112. The van der Waals surface area contributed by atoms with Crippen molar-refractivity contribution in [2.24, 2.45) is 0 Å². The summed E-state index contributed by atoms with van der Waals surface area (Å²) in [5, 5.41) is 10.8. The van der Waals surface area contributed by atoms with Gasteiger partial charge in [0.2, 0.25) is 0 Å². The van der Waals surface area contributed by atoms with E-state index in [4.69, 9.17) is 61.0 Å². The minimum absolute atomic E-state index is 0. The molecule has 24 heteroatoms. The number of aliphatic hydroxyl groups excluding tert-OH is 1. The summed E-state index contributed by atoms with van der Waals surface area (Å²) in [6.45, 7) is 0.927.